The van der Waals surface area contributed by atoms with Gasteiger partial charge < -0.3 is 21.0 Å². The Morgan fingerprint density at radius 3 is 1.76 bits per heavy atom. The van der Waals surface area contributed by atoms with Gasteiger partial charge in [-0.05, 0) is 18.0 Å². The van der Waals surface area contributed by atoms with Crippen LogP contribution >= 0.6 is 0 Å². The van der Waals surface area contributed by atoms with E-state index in [2.05, 4.69) is 21.7 Å². The van der Waals surface area contributed by atoms with Crippen molar-refractivity contribution in [2.75, 3.05) is 6.61 Å². The molecule has 0 radical (unpaired) electrons. The van der Waals surface area contributed by atoms with Gasteiger partial charge in [-0.1, -0.05) is 65.2 Å². The van der Waals surface area contributed by atoms with Crippen molar-refractivity contribution in [3.05, 3.63) is 0 Å². The van der Waals surface area contributed by atoms with Crippen molar-refractivity contribution in [2.24, 2.45) is 16.6 Å². The number of oxime groups is 1. The third kappa shape index (κ3) is 27.4. The lowest BCUT2D eigenvalue weighted by molar-refractivity contribution is -0.144. The quantitative estimate of drug-likeness (QED) is 0.130. The normalized spacial score (nSPS) is 9.56. The molecule has 0 aliphatic heterocycles. The van der Waals surface area contributed by atoms with E-state index in [9.17, 15) is 9.59 Å². The Hall–Kier alpha value is -1.79. The minimum atomic E-state index is -0.369. The fourth-order valence-electron chi connectivity index (χ4n) is 1.98. The fourth-order valence-corrected chi connectivity index (χ4v) is 1.98. The van der Waals surface area contributed by atoms with Crippen molar-refractivity contribution >= 4 is 17.9 Å². The van der Waals surface area contributed by atoms with Crippen molar-refractivity contribution in [1.82, 2.24) is 0 Å². The number of carbonyl (C=O) groups excluding carboxylic acids is 2. The molecular weight excluding hydrogens is 322 g/mol. The molecule has 0 aromatic heterocycles. The molecule has 0 fully saturated rings. The monoisotopic (exact) mass is 359 g/mol. The van der Waals surface area contributed by atoms with Crippen LogP contribution in [0.3, 0.4) is 0 Å². The van der Waals surface area contributed by atoms with Crippen molar-refractivity contribution in [3.63, 3.8) is 0 Å². The maximum atomic E-state index is 11.1. The van der Waals surface area contributed by atoms with Crippen LogP contribution in [-0.4, -0.2) is 24.5 Å². The number of esters is 1. The summed E-state index contributed by atoms with van der Waals surface area (Å²) in [6, 6.07) is 0. The minimum Gasteiger partial charge on any atom is -0.466 e. The summed E-state index contributed by atoms with van der Waals surface area (Å²) >= 11 is 0. The van der Waals surface area contributed by atoms with Gasteiger partial charge in [0.15, 0.2) is 0 Å². The van der Waals surface area contributed by atoms with Gasteiger partial charge in [0.2, 0.25) is 5.96 Å². The van der Waals surface area contributed by atoms with Gasteiger partial charge in [-0.3, -0.25) is 4.79 Å². The maximum Gasteiger partial charge on any atom is 0.335 e. The van der Waals surface area contributed by atoms with E-state index in [0.717, 1.165) is 19.3 Å². The van der Waals surface area contributed by atoms with E-state index in [1.54, 1.807) is 0 Å². The third-order valence-electron chi connectivity index (χ3n) is 3.25. The number of unbranched alkanes of at least 4 members (excludes halogenated alkanes) is 8. The Morgan fingerprint density at radius 2 is 1.36 bits per heavy atom. The van der Waals surface area contributed by atoms with Gasteiger partial charge in [0.05, 0.1) is 6.61 Å². The zero-order chi connectivity index (χ0) is 19.3. The summed E-state index contributed by atoms with van der Waals surface area (Å²) in [4.78, 5) is 25.6. The average molecular weight is 360 g/mol. The van der Waals surface area contributed by atoms with Crippen LogP contribution in [0.2, 0.25) is 0 Å². The molecule has 148 valence electrons. The highest BCUT2D eigenvalue weighted by molar-refractivity contribution is 5.77. The zero-order valence-corrected chi connectivity index (χ0v) is 16.2. The van der Waals surface area contributed by atoms with Gasteiger partial charge >= 0.3 is 11.9 Å². The van der Waals surface area contributed by atoms with Crippen LogP contribution in [0.15, 0.2) is 5.16 Å². The van der Waals surface area contributed by atoms with Crippen LogP contribution in [0, 0.1) is 0 Å². The molecule has 0 heterocycles. The number of rotatable bonds is 13. The van der Waals surface area contributed by atoms with Crippen molar-refractivity contribution < 1.29 is 19.2 Å². The largest absolute Gasteiger partial charge is 0.466 e. The first kappa shape index (κ1) is 25.5. The summed E-state index contributed by atoms with van der Waals surface area (Å²) < 4.78 is 4.55. The minimum absolute atomic E-state index is 0.193. The Morgan fingerprint density at radius 1 is 0.840 bits per heavy atom. The lowest BCUT2D eigenvalue weighted by Crippen LogP contribution is -2.23. The molecule has 0 aliphatic carbocycles. The number of hydrogen-bond donors (Lipinski definition) is 2. The first-order chi connectivity index (χ1) is 11.9. The lowest BCUT2D eigenvalue weighted by Gasteiger charge is -2.01. The first-order valence-corrected chi connectivity index (χ1v) is 9.36. The molecule has 7 nitrogen and oxygen atoms in total. The Bertz CT molecular complexity index is 356. The predicted octanol–water partition coefficient (Wildman–Crippen LogP) is 3.60. The highest BCUT2D eigenvalue weighted by atomic mass is 16.7. The predicted molar refractivity (Wildman–Crippen MR) is 101 cm³/mol. The van der Waals surface area contributed by atoms with Crippen LogP contribution in [0.5, 0.6) is 0 Å². The van der Waals surface area contributed by atoms with E-state index in [1.165, 1.54) is 51.9 Å². The van der Waals surface area contributed by atoms with Gasteiger partial charge in [-0.2, -0.15) is 0 Å². The van der Waals surface area contributed by atoms with E-state index in [4.69, 9.17) is 11.5 Å². The zero-order valence-electron chi connectivity index (χ0n) is 16.2. The molecule has 4 N–H and O–H groups in total. The number of carbonyl (C=O) groups is 2. The van der Waals surface area contributed by atoms with E-state index in [1.807, 2.05) is 6.92 Å². The molecule has 0 saturated carbocycles. The second kappa shape index (κ2) is 20.3. The number of nitrogens with two attached hydrogens (primary N) is 2. The molecule has 0 aromatic carbocycles. The second-order valence-corrected chi connectivity index (χ2v) is 5.90. The molecule has 0 amide bonds. The van der Waals surface area contributed by atoms with Crippen LogP contribution in [-0.2, 0) is 19.2 Å². The molecule has 7 heteroatoms. The Kier molecular flexibility index (Phi) is 20.6. The van der Waals surface area contributed by atoms with Crippen LogP contribution in [0.25, 0.3) is 0 Å². The number of hydrogen-bond acceptors (Lipinski definition) is 5. The summed E-state index contributed by atoms with van der Waals surface area (Å²) in [5, 5.41) is 3.20. The van der Waals surface area contributed by atoms with E-state index >= 15 is 0 Å². The summed E-state index contributed by atoms with van der Waals surface area (Å²) in [6.45, 7) is 6.15. The molecule has 0 saturated heterocycles. The van der Waals surface area contributed by atoms with Crippen molar-refractivity contribution in [2.45, 2.75) is 91.4 Å². The molecule has 0 atom stereocenters. The summed E-state index contributed by atoms with van der Waals surface area (Å²) in [7, 11) is 0. The second-order valence-electron chi connectivity index (χ2n) is 5.90. The number of guanidine groups is 1. The molecule has 0 aromatic rings. The maximum absolute atomic E-state index is 11.1. The molecule has 0 rings (SSSR count). The Balaban J connectivity index is 0. The molecule has 0 spiro atoms. The molecule has 0 unspecified atom stereocenters. The summed E-state index contributed by atoms with van der Waals surface area (Å²) in [6.07, 6.45) is 12.2. The summed E-state index contributed by atoms with van der Waals surface area (Å²) in [5.74, 6) is -0.788. The SMILES string of the molecule is CCCCCCCCCCCC(=O)ON=C(N)N.CCCOC(C)=O. The summed E-state index contributed by atoms with van der Waals surface area (Å²) in [5.41, 5.74) is 10.1. The number of nitrogens with zero attached hydrogens (tertiary/aromatic N) is 1. The molecular formula is C18H37N3O4. The van der Waals surface area contributed by atoms with E-state index < -0.39 is 0 Å². The standard InChI is InChI=1S/C13H27N3O2.C5H10O2/c1-2-3-4-5-6-7-8-9-10-11-12(17)18-16-13(14)15;1-3-4-7-5(2)6/h2-11H2,1H3,(H4,14,15,16);3-4H2,1-2H3. The van der Waals surface area contributed by atoms with E-state index in [-0.39, 0.29) is 17.9 Å². The molecule has 25 heavy (non-hydrogen) atoms. The van der Waals surface area contributed by atoms with Gasteiger partial charge in [-0.25, -0.2) is 4.79 Å². The van der Waals surface area contributed by atoms with Gasteiger partial charge in [0.25, 0.3) is 0 Å². The highest BCUT2D eigenvalue weighted by Gasteiger charge is 2.02. The number of ether oxygens (including phenoxy) is 1. The van der Waals surface area contributed by atoms with Crippen molar-refractivity contribution in [3.8, 4) is 0 Å². The average Bonchev–Trinajstić information content (AvgIpc) is 2.57. The van der Waals surface area contributed by atoms with Crippen LogP contribution < -0.4 is 11.5 Å². The van der Waals surface area contributed by atoms with E-state index in [0.29, 0.717) is 13.0 Å². The lowest BCUT2D eigenvalue weighted by atomic mass is 10.1. The molecule has 0 bridgehead atoms. The highest BCUT2D eigenvalue weighted by Crippen LogP contribution is 2.10. The molecule has 0 aliphatic rings. The van der Waals surface area contributed by atoms with Gasteiger partial charge in [-0.15, -0.1) is 0 Å². The fraction of sp³-hybridized carbons (Fsp3) is 0.833. The topological polar surface area (TPSA) is 117 Å². The van der Waals surface area contributed by atoms with Crippen molar-refractivity contribution in [1.29, 1.82) is 0 Å². The smallest absolute Gasteiger partial charge is 0.335 e. The first-order valence-electron chi connectivity index (χ1n) is 9.36. The van der Waals surface area contributed by atoms with Gasteiger partial charge in [0.1, 0.15) is 0 Å². The van der Waals surface area contributed by atoms with Crippen LogP contribution in [0.4, 0.5) is 0 Å². The third-order valence-corrected chi connectivity index (χ3v) is 3.25. The Labute approximate surface area is 152 Å². The van der Waals surface area contributed by atoms with Gasteiger partial charge in [0, 0.05) is 13.3 Å². The van der Waals surface area contributed by atoms with Crippen LogP contribution in [0.1, 0.15) is 91.4 Å².